The van der Waals surface area contributed by atoms with E-state index in [1.165, 1.54) is 74.9 Å². The van der Waals surface area contributed by atoms with Crippen molar-refractivity contribution in [3.63, 3.8) is 0 Å². The number of ether oxygens (including phenoxy) is 1. The Morgan fingerprint density at radius 1 is 0.963 bits per heavy atom. The van der Waals surface area contributed by atoms with E-state index in [1.807, 2.05) is 20.8 Å². The van der Waals surface area contributed by atoms with Gasteiger partial charge in [-0.2, -0.15) is 10.4 Å². The smallest absolute Gasteiger partial charge is 0.284 e. The number of aromatic nitrogens is 4. The molecule has 3 amide bonds. The number of alkyl halides is 2. The summed E-state index contributed by atoms with van der Waals surface area (Å²) in [5, 5.41) is 30.3. The van der Waals surface area contributed by atoms with Crippen molar-refractivity contribution >= 4 is 58.1 Å². The largest absolute Gasteiger partial charge is 0.495 e. The van der Waals surface area contributed by atoms with Crippen LogP contribution in [0.4, 0.5) is 34.8 Å². The lowest BCUT2D eigenvalue weighted by Crippen LogP contribution is -2.45. The highest BCUT2D eigenvalue weighted by Crippen LogP contribution is 2.53. The van der Waals surface area contributed by atoms with Crippen LogP contribution in [0.3, 0.4) is 0 Å². The number of anilines is 3. The molecule has 3 aromatic carbocycles. The summed E-state index contributed by atoms with van der Waals surface area (Å²) in [6.07, 6.45) is 8.75. The fourth-order valence-corrected chi connectivity index (χ4v) is 11.8. The van der Waals surface area contributed by atoms with Gasteiger partial charge >= 0.3 is 0 Å². The molecule has 3 aliphatic rings. The number of oxazole rings is 1. The van der Waals surface area contributed by atoms with E-state index in [2.05, 4.69) is 59.7 Å². The van der Waals surface area contributed by atoms with Crippen molar-refractivity contribution in [2.75, 3.05) is 56.3 Å². The van der Waals surface area contributed by atoms with E-state index < -0.39 is 64.4 Å². The zero-order valence-electron chi connectivity index (χ0n) is 46.3. The van der Waals surface area contributed by atoms with Gasteiger partial charge in [-0.25, -0.2) is 27.5 Å². The Kier molecular flexibility index (Phi) is 18.6. The lowest BCUT2D eigenvalue weighted by molar-refractivity contribution is -0.118. The first-order valence-corrected chi connectivity index (χ1v) is 28.4. The fraction of sp³-hybridized carbons (Fsp3) is 0.450. The van der Waals surface area contributed by atoms with Crippen LogP contribution < -0.4 is 31.3 Å². The predicted octanol–water partition coefficient (Wildman–Crippen LogP) is 12.4. The normalized spacial score (nSPS) is 20.9. The minimum Gasteiger partial charge on any atom is -0.495 e. The number of pyridine rings is 1. The Hall–Kier alpha value is -7.05. The summed E-state index contributed by atoms with van der Waals surface area (Å²) in [5.41, 5.74) is -1.90. The van der Waals surface area contributed by atoms with Crippen molar-refractivity contribution in [1.82, 2.24) is 35.3 Å². The zero-order chi connectivity index (χ0) is 58.5. The number of unbranched alkanes of at least 4 members (excludes halogenated alkanes) is 1. The standard InChI is InChI=1S/C60H67Cl2F4N11O5/c1-59(2,3)28-48-60(33-67,41-19-16-38(61)27-43(41)63)50(40-9-8-10-42(62)51(40)64)53(74-48)57(80)71-44-20-15-36(25-47(44)81-5)55(78)69-22-6-7-24-76(4)30-35-13-17-39(18-14-35)77-31-45(52(75-77)54(65)66)72-56(79)46-32-82-58(73-46)37-21-23-68-49(26-37)70-29-34-11-12-34/h8-10,15-16,19-21,23,25-27,31-32,34-35,39,48,50,53-54,74H,6-7,11-14,17-18,22,24,28-30H2,1-5H3,(H,68,70)(H,69,78)(H,71,80)(H,72,79)/t35-,39-,48-,50-,53?,60-/m0/s1. The van der Waals surface area contributed by atoms with E-state index in [4.69, 9.17) is 32.4 Å². The van der Waals surface area contributed by atoms with Gasteiger partial charge in [-0.15, -0.1) is 0 Å². The van der Waals surface area contributed by atoms with Gasteiger partial charge in [0.05, 0.1) is 41.7 Å². The molecule has 2 aliphatic carbocycles. The first kappa shape index (κ1) is 59.6. The van der Waals surface area contributed by atoms with Crippen LogP contribution in [0.15, 0.2) is 89.8 Å². The quantitative estimate of drug-likeness (QED) is 0.0318. The number of halogens is 6. The highest BCUT2D eigenvalue weighted by atomic mass is 35.5. The lowest BCUT2D eigenvalue weighted by Gasteiger charge is -2.37. The third-order valence-electron chi connectivity index (χ3n) is 15.7. The van der Waals surface area contributed by atoms with Crippen LogP contribution in [0.1, 0.15) is 135 Å². The second-order valence-corrected chi connectivity index (χ2v) is 23.8. The molecule has 3 aromatic heterocycles. The van der Waals surface area contributed by atoms with E-state index in [1.54, 1.807) is 29.1 Å². The maximum Gasteiger partial charge on any atom is 0.284 e. The lowest BCUT2D eigenvalue weighted by atomic mass is 9.62. The van der Waals surface area contributed by atoms with Gasteiger partial charge in [0.1, 0.15) is 34.9 Å². The second kappa shape index (κ2) is 25.6. The first-order valence-electron chi connectivity index (χ1n) is 27.6. The third-order valence-corrected chi connectivity index (χ3v) is 16.2. The molecule has 1 unspecified atom stereocenters. The average Bonchev–Trinajstić information content (AvgIpc) is 3.59. The number of hydrogen-bond acceptors (Lipinski definition) is 12. The van der Waals surface area contributed by atoms with Gasteiger partial charge in [-0.1, -0.05) is 62.2 Å². The van der Waals surface area contributed by atoms with Crippen LogP contribution in [0.25, 0.3) is 11.5 Å². The molecule has 16 nitrogen and oxygen atoms in total. The van der Waals surface area contributed by atoms with E-state index in [0.29, 0.717) is 36.2 Å². The minimum atomic E-state index is -2.91. The van der Waals surface area contributed by atoms with Crippen molar-refractivity contribution in [2.45, 2.75) is 114 Å². The molecule has 9 rings (SSSR count). The molecular weight excluding hydrogens is 1100 g/mol. The maximum atomic E-state index is 16.2. The summed E-state index contributed by atoms with van der Waals surface area (Å²) < 4.78 is 73.7. The van der Waals surface area contributed by atoms with Crippen molar-refractivity contribution < 1.29 is 41.1 Å². The molecule has 4 heterocycles. The number of rotatable bonds is 22. The molecular formula is C60H67Cl2F4N11O5. The van der Waals surface area contributed by atoms with E-state index in [9.17, 15) is 28.4 Å². The summed E-state index contributed by atoms with van der Waals surface area (Å²) in [5.74, 6) is -2.54. The van der Waals surface area contributed by atoms with Crippen molar-refractivity contribution in [3.05, 3.63) is 135 Å². The first-order chi connectivity index (χ1) is 39.2. The van der Waals surface area contributed by atoms with E-state index in [0.717, 1.165) is 57.8 Å². The van der Waals surface area contributed by atoms with Gasteiger partial charge in [0.15, 0.2) is 11.4 Å². The van der Waals surface area contributed by atoms with Gasteiger partial charge in [0.25, 0.3) is 18.2 Å². The van der Waals surface area contributed by atoms with Gasteiger partial charge in [-0.05, 0) is 143 Å². The molecule has 0 radical (unpaired) electrons. The number of nitriles is 1. The summed E-state index contributed by atoms with van der Waals surface area (Å²) in [6.45, 7) is 8.70. The number of amides is 3. The molecule has 3 fully saturated rings. The number of benzene rings is 3. The third kappa shape index (κ3) is 13.7. The summed E-state index contributed by atoms with van der Waals surface area (Å²) >= 11 is 12.5. The number of carbonyl (C=O) groups excluding carboxylic acids is 3. The zero-order valence-corrected chi connectivity index (χ0v) is 47.8. The highest BCUT2D eigenvalue weighted by molar-refractivity contribution is 6.31. The number of hydrogen-bond donors (Lipinski definition) is 5. The molecule has 0 spiro atoms. The van der Waals surface area contributed by atoms with Gasteiger partial charge in [0.2, 0.25) is 11.8 Å². The Bertz CT molecular complexity index is 3320. The highest BCUT2D eigenvalue weighted by Gasteiger charge is 2.61. The molecule has 2 saturated carbocycles. The molecule has 82 heavy (non-hydrogen) atoms. The van der Waals surface area contributed by atoms with Crippen LogP contribution >= 0.6 is 23.2 Å². The van der Waals surface area contributed by atoms with Crippen LogP contribution in [-0.2, 0) is 10.2 Å². The van der Waals surface area contributed by atoms with Gasteiger partial charge in [-0.3, -0.25) is 19.1 Å². The molecule has 6 aromatic rings. The van der Waals surface area contributed by atoms with Crippen LogP contribution in [0.5, 0.6) is 5.75 Å². The fourth-order valence-electron chi connectivity index (χ4n) is 11.4. The maximum absolute atomic E-state index is 16.2. The Balaban J connectivity index is 0.749. The van der Waals surface area contributed by atoms with Crippen molar-refractivity contribution in [2.24, 2.45) is 17.3 Å². The Morgan fingerprint density at radius 3 is 2.44 bits per heavy atom. The number of nitrogens with zero attached hydrogens (tertiary/aromatic N) is 6. The molecule has 22 heteroatoms. The molecule has 5 N–H and O–H groups in total. The van der Waals surface area contributed by atoms with E-state index >= 15 is 8.78 Å². The summed E-state index contributed by atoms with van der Waals surface area (Å²) in [7, 11) is 3.44. The van der Waals surface area contributed by atoms with Crippen molar-refractivity contribution in [3.8, 4) is 23.3 Å². The minimum absolute atomic E-state index is 0.0480. The topological polar surface area (TPSA) is 204 Å². The molecule has 4 atom stereocenters. The molecule has 434 valence electrons. The van der Waals surface area contributed by atoms with E-state index in [-0.39, 0.29) is 73.8 Å². The monoisotopic (exact) mass is 1170 g/mol. The molecule has 1 aliphatic heterocycles. The summed E-state index contributed by atoms with van der Waals surface area (Å²) in [6, 6.07) is 16.4. The number of carbonyl (C=O) groups is 3. The Labute approximate surface area is 484 Å². The number of methoxy groups -OCH3 is 1. The SMILES string of the molecule is COc1cc(C(=O)NCCCCN(C)C[C@H]2CC[C@H](n3cc(NC(=O)c4coc(-c5ccnc(NCC6CC6)c5)n4)c(C(F)F)n3)CC2)ccc1NC(=O)C1N[C@@H](CC(C)(C)C)[C@](C#N)(c2ccc(Cl)cc2F)[C@H]1c1cccc(Cl)c1F. The average molecular weight is 1170 g/mol. The predicted molar refractivity (Wildman–Crippen MR) is 305 cm³/mol. The summed E-state index contributed by atoms with van der Waals surface area (Å²) in [4.78, 5) is 52.2. The Morgan fingerprint density at radius 2 is 1.73 bits per heavy atom. The second-order valence-electron chi connectivity index (χ2n) is 22.9. The van der Waals surface area contributed by atoms with Crippen LogP contribution in [0.2, 0.25) is 10.0 Å². The van der Waals surface area contributed by atoms with Gasteiger partial charge in [0, 0.05) is 65.7 Å². The van der Waals surface area contributed by atoms with Crippen molar-refractivity contribution in [1.29, 1.82) is 5.26 Å². The van der Waals surface area contributed by atoms with Gasteiger partial charge < -0.3 is 40.6 Å². The van der Waals surface area contributed by atoms with Crippen LogP contribution in [0, 0.1) is 40.2 Å². The number of nitrogens with one attached hydrogen (secondary N) is 5. The van der Waals surface area contributed by atoms with Crippen LogP contribution in [-0.4, -0.2) is 94.8 Å². The molecule has 0 bridgehead atoms. The molecule has 1 saturated heterocycles.